The normalized spacial score (nSPS) is 14.2. The van der Waals surface area contributed by atoms with E-state index < -0.39 is 18.5 Å². The fraction of sp³-hybridized carbons (Fsp3) is 0.250. The van der Waals surface area contributed by atoms with Gasteiger partial charge in [0.2, 0.25) is 5.91 Å². The number of anilines is 1. The summed E-state index contributed by atoms with van der Waals surface area (Å²) < 4.78 is 5.05. The van der Waals surface area contributed by atoms with Gasteiger partial charge >= 0.3 is 5.97 Å². The van der Waals surface area contributed by atoms with E-state index in [1.54, 1.807) is 18.2 Å². The fourth-order valence-electron chi connectivity index (χ4n) is 2.77. The molecule has 28 heavy (non-hydrogen) atoms. The molecule has 0 radical (unpaired) electrons. The van der Waals surface area contributed by atoms with E-state index in [2.05, 4.69) is 5.32 Å². The highest BCUT2D eigenvalue weighted by molar-refractivity contribution is 8.00. The maximum absolute atomic E-state index is 12.2. The number of rotatable bonds is 6. The Labute approximate surface area is 172 Å². The molecule has 8 heteroatoms. The second-order valence-electron chi connectivity index (χ2n) is 6.24. The van der Waals surface area contributed by atoms with Crippen molar-refractivity contribution in [1.29, 1.82) is 0 Å². The molecule has 0 saturated heterocycles. The van der Waals surface area contributed by atoms with Gasteiger partial charge in [0, 0.05) is 9.92 Å². The first-order valence-electron chi connectivity index (χ1n) is 8.66. The van der Waals surface area contributed by atoms with Gasteiger partial charge in [0.15, 0.2) is 6.61 Å². The first-order valence-corrected chi connectivity index (χ1v) is 10.0. The summed E-state index contributed by atoms with van der Waals surface area (Å²) in [5, 5.41) is 3.37. The van der Waals surface area contributed by atoms with Gasteiger partial charge in [0.25, 0.3) is 5.91 Å². The number of hydrogen-bond acceptors (Lipinski definition) is 5. The van der Waals surface area contributed by atoms with Crippen LogP contribution in [0, 0.1) is 0 Å². The Balaban J connectivity index is 1.51. The molecule has 0 bridgehead atoms. The van der Waals surface area contributed by atoms with Crippen LogP contribution in [0.1, 0.15) is 18.5 Å². The lowest BCUT2D eigenvalue weighted by atomic mass is 10.1. The van der Waals surface area contributed by atoms with Crippen molar-refractivity contribution >= 4 is 46.8 Å². The van der Waals surface area contributed by atoms with Gasteiger partial charge in [-0.25, -0.2) is 0 Å². The van der Waals surface area contributed by atoms with Crippen molar-refractivity contribution < 1.29 is 19.1 Å². The van der Waals surface area contributed by atoms with E-state index in [-0.39, 0.29) is 24.2 Å². The SMILES string of the molecule is CC(NC(=O)COC(=O)CN1C(=O)CSc2ccccc21)c1ccc(Cl)cc1. The average Bonchev–Trinajstić information content (AvgIpc) is 2.69. The lowest BCUT2D eigenvalue weighted by Gasteiger charge is -2.27. The van der Waals surface area contributed by atoms with Crippen LogP contribution in [0.3, 0.4) is 0 Å². The molecule has 0 fully saturated rings. The average molecular weight is 419 g/mol. The standard InChI is InChI=1S/C20H19ClN2O4S/c1-13(14-6-8-15(21)9-7-14)22-18(24)11-27-20(26)10-23-16-4-2-3-5-17(16)28-12-19(23)25/h2-9,13H,10-12H2,1H3,(H,22,24). The van der Waals surface area contributed by atoms with Gasteiger partial charge in [-0.15, -0.1) is 11.8 Å². The molecule has 1 N–H and O–H groups in total. The summed E-state index contributed by atoms with van der Waals surface area (Å²) in [5.74, 6) is -0.953. The zero-order valence-electron chi connectivity index (χ0n) is 15.2. The van der Waals surface area contributed by atoms with Gasteiger partial charge in [0.1, 0.15) is 6.54 Å². The van der Waals surface area contributed by atoms with E-state index in [1.807, 2.05) is 37.3 Å². The van der Waals surface area contributed by atoms with Crippen LogP contribution in [-0.2, 0) is 19.1 Å². The molecule has 0 spiro atoms. The number of hydrogen-bond donors (Lipinski definition) is 1. The Kier molecular flexibility index (Phi) is 6.59. The quantitative estimate of drug-likeness (QED) is 0.729. The van der Waals surface area contributed by atoms with Crippen molar-refractivity contribution in [3.05, 3.63) is 59.1 Å². The van der Waals surface area contributed by atoms with Crippen molar-refractivity contribution in [3.63, 3.8) is 0 Å². The zero-order chi connectivity index (χ0) is 20.1. The number of amides is 2. The maximum atomic E-state index is 12.2. The third-order valence-electron chi connectivity index (χ3n) is 4.21. The smallest absolute Gasteiger partial charge is 0.326 e. The zero-order valence-corrected chi connectivity index (χ0v) is 16.8. The van der Waals surface area contributed by atoms with Crippen LogP contribution in [0.2, 0.25) is 5.02 Å². The molecular weight excluding hydrogens is 400 g/mol. The number of nitrogens with zero attached hydrogens (tertiary/aromatic N) is 1. The Morgan fingerprint density at radius 2 is 1.93 bits per heavy atom. The van der Waals surface area contributed by atoms with Gasteiger partial charge in [-0.1, -0.05) is 35.9 Å². The van der Waals surface area contributed by atoms with Crippen LogP contribution in [0.15, 0.2) is 53.4 Å². The largest absolute Gasteiger partial charge is 0.454 e. The summed E-state index contributed by atoms with van der Waals surface area (Å²) >= 11 is 7.29. The predicted molar refractivity (Wildman–Crippen MR) is 108 cm³/mol. The first-order chi connectivity index (χ1) is 13.4. The van der Waals surface area contributed by atoms with Crippen LogP contribution in [0.4, 0.5) is 5.69 Å². The van der Waals surface area contributed by atoms with E-state index in [4.69, 9.17) is 16.3 Å². The van der Waals surface area contributed by atoms with E-state index in [9.17, 15) is 14.4 Å². The van der Waals surface area contributed by atoms with E-state index in [0.29, 0.717) is 10.7 Å². The molecule has 2 amide bonds. The first kappa shape index (κ1) is 20.2. The summed E-state index contributed by atoms with van der Waals surface area (Å²) in [7, 11) is 0. The molecule has 6 nitrogen and oxygen atoms in total. The number of para-hydroxylation sites is 1. The number of benzene rings is 2. The highest BCUT2D eigenvalue weighted by Crippen LogP contribution is 2.34. The number of halogens is 1. The highest BCUT2D eigenvalue weighted by atomic mass is 35.5. The summed E-state index contributed by atoms with van der Waals surface area (Å²) in [6.07, 6.45) is 0. The number of fused-ring (bicyclic) bond motifs is 1. The highest BCUT2D eigenvalue weighted by Gasteiger charge is 2.27. The fourth-order valence-corrected chi connectivity index (χ4v) is 3.83. The minimum Gasteiger partial charge on any atom is -0.454 e. The van der Waals surface area contributed by atoms with Crippen LogP contribution >= 0.6 is 23.4 Å². The second-order valence-corrected chi connectivity index (χ2v) is 7.69. The Morgan fingerprint density at radius 1 is 1.21 bits per heavy atom. The van der Waals surface area contributed by atoms with Crippen LogP contribution < -0.4 is 10.2 Å². The van der Waals surface area contributed by atoms with Gasteiger partial charge in [-0.05, 0) is 36.8 Å². The van der Waals surface area contributed by atoms with Crippen molar-refractivity contribution in [1.82, 2.24) is 5.32 Å². The number of thioether (sulfide) groups is 1. The molecule has 3 rings (SSSR count). The molecule has 0 saturated carbocycles. The van der Waals surface area contributed by atoms with Gasteiger partial charge in [-0.2, -0.15) is 0 Å². The Hall–Kier alpha value is -2.51. The minimum atomic E-state index is -0.635. The lowest BCUT2D eigenvalue weighted by Crippen LogP contribution is -2.40. The molecule has 0 aliphatic carbocycles. The molecule has 1 aliphatic rings. The third kappa shape index (κ3) is 5.05. The van der Waals surface area contributed by atoms with Crippen LogP contribution in [0.5, 0.6) is 0 Å². The number of esters is 1. The molecule has 146 valence electrons. The van der Waals surface area contributed by atoms with Crippen LogP contribution in [0.25, 0.3) is 0 Å². The summed E-state index contributed by atoms with van der Waals surface area (Å²) in [6, 6.07) is 14.2. The molecule has 2 aromatic rings. The van der Waals surface area contributed by atoms with Crippen molar-refractivity contribution in [2.45, 2.75) is 17.9 Å². The summed E-state index contributed by atoms with van der Waals surface area (Å²) in [4.78, 5) is 38.7. The number of carbonyl (C=O) groups excluding carboxylic acids is 3. The number of nitrogens with one attached hydrogen (secondary N) is 1. The predicted octanol–water partition coefficient (Wildman–Crippen LogP) is 3.20. The molecule has 1 aliphatic heterocycles. The maximum Gasteiger partial charge on any atom is 0.326 e. The monoisotopic (exact) mass is 418 g/mol. The number of carbonyl (C=O) groups is 3. The van der Waals surface area contributed by atoms with Gasteiger partial charge in [-0.3, -0.25) is 19.3 Å². The molecular formula is C20H19ClN2O4S. The van der Waals surface area contributed by atoms with Crippen molar-refractivity contribution in [3.8, 4) is 0 Å². The molecule has 1 unspecified atom stereocenters. The molecule has 1 atom stereocenters. The molecule has 0 aromatic heterocycles. The topological polar surface area (TPSA) is 75.7 Å². The number of ether oxygens (including phenoxy) is 1. The second kappa shape index (κ2) is 9.12. The van der Waals surface area contributed by atoms with E-state index in [1.165, 1.54) is 16.7 Å². The Morgan fingerprint density at radius 3 is 2.68 bits per heavy atom. The van der Waals surface area contributed by atoms with E-state index in [0.717, 1.165) is 10.5 Å². The third-order valence-corrected chi connectivity index (χ3v) is 5.51. The van der Waals surface area contributed by atoms with E-state index >= 15 is 0 Å². The molecule has 2 aromatic carbocycles. The molecule has 1 heterocycles. The Bertz CT molecular complexity index is 888. The van der Waals surface area contributed by atoms with Crippen LogP contribution in [-0.4, -0.2) is 36.7 Å². The summed E-state index contributed by atoms with van der Waals surface area (Å²) in [6.45, 7) is 1.19. The van der Waals surface area contributed by atoms with Gasteiger partial charge in [0.05, 0.1) is 17.5 Å². The summed E-state index contributed by atoms with van der Waals surface area (Å²) in [5.41, 5.74) is 1.57. The van der Waals surface area contributed by atoms with Gasteiger partial charge < -0.3 is 10.1 Å². The minimum absolute atomic E-state index is 0.165. The lowest BCUT2D eigenvalue weighted by molar-refractivity contribution is -0.147. The van der Waals surface area contributed by atoms with Crippen molar-refractivity contribution in [2.24, 2.45) is 0 Å². The van der Waals surface area contributed by atoms with Crippen molar-refractivity contribution in [2.75, 3.05) is 23.8 Å².